The maximum Gasteiger partial charge on any atom is 0.324 e. The van der Waals surface area contributed by atoms with Gasteiger partial charge in [-0.25, -0.2) is 9.78 Å². The number of hydrogen-bond acceptors (Lipinski definition) is 4. The highest BCUT2D eigenvalue weighted by atomic mass is 16.2. The first-order valence-electron chi connectivity index (χ1n) is 10.4. The van der Waals surface area contributed by atoms with Crippen LogP contribution < -0.4 is 10.6 Å². The summed E-state index contributed by atoms with van der Waals surface area (Å²) in [4.78, 5) is 44.7. The number of carbonyl (C=O) groups is 3. The smallest absolute Gasteiger partial charge is 0.324 e. The van der Waals surface area contributed by atoms with Crippen LogP contribution in [-0.2, 0) is 9.59 Å². The number of benzene rings is 1. The zero-order valence-corrected chi connectivity index (χ0v) is 16.4. The average molecular weight is 397 g/mol. The third kappa shape index (κ3) is 4.75. The molecular formula is C21H27N5O3. The Hall–Kier alpha value is -2.90. The largest absolute Gasteiger partial charge is 0.356 e. The van der Waals surface area contributed by atoms with Crippen molar-refractivity contribution in [3.63, 3.8) is 0 Å². The van der Waals surface area contributed by atoms with Crippen LogP contribution in [0.25, 0.3) is 11.0 Å². The first kappa shape index (κ1) is 19.4. The number of hydrogen-bond donors (Lipinski definition) is 3. The van der Waals surface area contributed by atoms with E-state index in [-0.39, 0.29) is 18.2 Å². The second-order valence-corrected chi connectivity index (χ2v) is 8.00. The number of imidazole rings is 1. The van der Waals surface area contributed by atoms with Gasteiger partial charge in [0.05, 0.1) is 11.0 Å². The molecule has 2 fully saturated rings. The van der Waals surface area contributed by atoms with Crippen LogP contribution in [0.2, 0.25) is 0 Å². The quantitative estimate of drug-likeness (QED) is 0.695. The Morgan fingerprint density at radius 2 is 1.97 bits per heavy atom. The fourth-order valence-electron chi connectivity index (χ4n) is 4.20. The van der Waals surface area contributed by atoms with E-state index >= 15 is 0 Å². The van der Waals surface area contributed by atoms with Crippen molar-refractivity contribution < 1.29 is 14.4 Å². The number of aromatic amines is 1. The molecule has 0 radical (unpaired) electrons. The van der Waals surface area contributed by atoms with E-state index < -0.39 is 6.03 Å². The molecular weight excluding hydrogens is 370 g/mol. The summed E-state index contributed by atoms with van der Waals surface area (Å²) >= 11 is 0. The van der Waals surface area contributed by atoms with Gasteiger partial charge in [0.25, 0.3) is 0 Å². The van der Waals surface area contributed by atoms with E-state index in [0.717, 1.165) is 42.5 Å². The van der Waals surface area contributed by atoms with Crippen molar-refractivity contribution in [1.29, 1.82) is 0 Å². The molecule has 154 valence electrons. The van der Waals surface area contributed by atoms with Gasteiger partial charge in [-0.1, -0.05) is 12.1 Å². The molecule has 2 heterocycles. The lowest BCUT2D eigenvalue weighted by Gasteiger charge is -2.28. The lowest BCUT2D eigenvalue weighted by molar-refractivity contribution is -0.121. The number of carbonyl (C=O) groups excluding carboxylic acids is 3. The Kier molecular flexibility index (Phi) is 5.78. The number of rotatable bonds is 6. The highest BCUT2D eigenvalue weighted by molar-refractivity contribution is 5.96. The standard InChI is InChI=1S/C21H27N5O3/c27-18(9-11-26-12-10-19(28)25-21(26)29)22-13-14-5-7-15(8-6-14)20-23-16-3-1-2-4-17(16)24-20/h1-4,14-15H,5-13H2,(H,22,27)(H,23,24)(H,25,28,29). The molecule has 2 aliphatic rings. The molecule has 0 bridgehead atoms. The van der Waals surface area contributed by atoms with Gasteiger partial charge in [-0.15, -0.1) is 0 Å². The van der Waals surface area contributed by atoms with Crippen LogP contribution in [0, 0.1) is 5.92 Å². The zero-order valence-electron chi connectivity index (χ0n) is 16.4. The number of H-pyrrole nitrogens is 1. The van der Waals surface area contributed by atoms with Crippen LogP contribution >= 0.6 is 0 Å². The Balaban J connectivity index is 1.17. The second kappa shape index (κ2) is 8.63. The normalized spacial score (nSPS) is 22.6. The van der Waals surface area contributed by atoms with Crippen molar-refractivity contribution in [3.8, 4) is 0 Å². The maximum absolute atomic E-state index is 12.1. The maximum atomic E-state index is 12.1. The number of imide groups is 1. The molecule has 8 heteroatoms. The number of fused-ring (bicyclic) bond motifs is 1. The molecule has 1 saturated heterocycles. The summed E-state index contributed by atoms with van der Waals surface area (Å²) in [6, 6.07) is 7.70. The minimum atomic E-state index is -0.405. The first-order chi connectivity index (χ1) is 14.1. The molecule has 0 atom stereocenters. The molecule has 4 rings (SSSR count). The van der Waals surface area contributed by atoms with Gasteiger partial charge in [0.2, 0.25) is 11.8 Å². The zero-order chi connectivity index (χ0) is 20.2. The minimum absolute atomic E-state index is 0.0471. The summed E-state index contributed by atoms with van der Waals surface area (Å²) in [5.41, 5.74) is 2.10. The van der Waals surface area contributed by atoms with E-state index in [4.69, 9.17) is 4.98 Å². The first-order valence-corrected chi connectivity index (χ1v) is 10.4. The van der Waals surface area contributed by atoms with E-state index in [1.54, 1.807) is 0 Å². The van der Waals surface area contributed by atoms with Gasteiger partial charge in [0, 0.05) is 38.4 Å². The van der Waals surface area contributed by atoms with Crippen LogP contribution in [0.1, 0.15) is 50.3 Å². The number of para-hydroxylation sites is 2. The molecule has 1 aliphatic heterocycles. The third-order valence-corrected chi connectivity index (χ3v) is 5.98. The van der Waals surface area contributed by atoms with Gasteiger partial charge in [-0.05, 0) is 43.7 Å². The number of amides is 4. The van der Waals surface area contributed by atoms with Gasteiger partial charge < -0.3 is 15.2 Å². The molecule has 29 heavy (non-hydrogen) atoms. The van der Waals surface area contributed by atoms with Crippen molar-refractivity contribution in [2.24, 2.45) is 5.92 Å². The van der Waals surface area contributed by atoms with Gasteiger partial charge in [-0.3, -0.25) is 14.9 Å². The molecule has 1 aromatic carbocycles. The van der Waals surface area contributed by atoms with Gasteiger partial charge in [0.15, 0.2) is 0 Å². The van der Waals surface area contributed by atoms with Crippen LogP contribution in [0.5, 0.6) is 0 Å². The minimum Gasteiger partial charge on any atom is -0.356 e. The molecule has 1 saturated carbocycles. The summed E-state index contributed by atoms with van der Waals surface area (Å²) in [5, 5.41) is 5.28. The number of nitrogens with zero attached hydrogens (tertiary/aromatic N) is 2. The predicted octanol–water partition coefficient (Wildman–Crippen LogP) is 2.28. The number of aromatic nitrogens is 2. The average Bonchev–Trinajstić information content (AvgIpc) is 3.16. The highest BCUT2D eigenvalue weighted by Crippen LogP contribution is 2.35. The van der Waals surface area contributed by atoms with E-state index in [1.807, 2.05) is 18.2 Å². The summed E-state index contributed by atoms with van der Waals surface area (Å²) in [7, 11) is 0. The number of urea groups is 1. The molecule has 0 unspecified atom stereocenters. The fourth-order valence-corrected chi connectivity index (χ4v) is 4.20. The van der Waals surface area contributed by atoms with Crippen LogP contribution in [0.15, 0.2) is 24.3 Å². The topological polar surface area (TPSA) is 107 Å². The molecule has 3 N–H and O–H groups in total. The third-order valence-electron chi connectivity index (χ3n) is 5.98. The van der Waals surface area contributed by atoms with Crippen molar-refractivity contribution in [2.45, 2.75) is 44.4 Å². The van der Waals surface area contributed by atoms with Crippen molar-refractivity contribution in [1.82, 2.24) is 25.5 Å². The van der Waals surface area contributed by atoms with Crippen molar-refractivity contribution in [3.05, 3.63) is 30.1 Å². The van der Waals surface area contributed by atoms with E-state index in [0.29, 0.717) is 37.9 Å². The second-order valence-electron chi connectivity index (χ2n) is 8.00. The lowest BCUT2D eigenvalue weighted by Crippen LogP contribution is -2.50. The van der Waals surface area contributed by atoms with E-state index in [2.05, 4.69) is 21.7 Å². The monoisotopic (exact) mass is 397 g/mol. The van der Waals surface area contributed by atoms with Crippen LogP contribution in [0.3, 0.4) is 0 Å². The molecule has 4 amide bonds. The van der Waals surface area contributed by atoms with Crippen molar-refractivity contribution in [2.75, 3.05) is 19.6 Å². The Labute approximate surface area is 169 Å². The fraction of sp³-hybridized carbons (Fsp3) is 0.524. The van der Waals surface area contributed by atoms with Gasteiger partial charge in [-0.2, -0.15) is 0 Å². The van der Waals surface area contributed by atoms with E-state index in [9.17, 15) is 14.4 Å². The summed E-state index contributed by atoms with van der Waals surface area (Å²) in [6.07, 6.45) is 4.83. The molecule has 2 aromatic rings. The van der Waals surface area contributed by atoms with Crippen LogP contribution in [0.4, 0.5) is 4.79 Å². The Bertz CT molecular complexity index is 868. The van der Waals surface area contributed by atoms with Gasteiger partial charge in [0.1, 0.15) is 5.82 Å². The summed E-state index contributed by atoms with van der Waals surface area (Å²) in [6.45, 7) is 1.39. The van der Waals surface area contributed by atoms with Crippen LogP contribution in [-0.4, -0.2) is 52.3 Å². The summed E-state index contributed by atoms with van der Waals surface area (Å²) < 4.78 is 0. The van der Waals surface area contributed by atoms with Crippen molar-refractivity contribution >= 4 is 28.9 Å². The lowest BCUT2D eigenvalue weighted by atomic mass is 9.81. The Morgan fingerprint density at radius 1 is 1.17 bits per heavy atom. The molecule has 8 nitrogen and oxygen atoms in total. The van der Waals surface area contributed by atoms with E-state index in [1.165, 1.54) is 4.90 Å². The van der Waals surface area contributed by atoms with Gasteiger partial charge >= 0.3 is 6.03 Å². The number of nitrogens with one attached hydrogen (secondary N) is 3. The Morgan fingerprint density at radius 3 is 2.72 bits per heavy atom. The molecule has 1 aromatic heterocycles. The molecule has 1 aliphatic carbocycles. The SMILES string of the molecule is O=C(CCN1CCC(=O)NC1=O)NCC1CCC(c2nc3ccccc3[nH]2)CC1. The summed E-state index contributed by atoms with van der Waals surface area (Å²) in [5.74, 6) is 1.71. The predicted molar refractivity (Wildman–Crippen MR) is 108 cm³/mol. The highest BCUT2D eigenvalue weighted by Gasteiger charge is 2.26. The molecule has 0 spiro atoms.